The van der Waals surface area contributed by atoms with Crippen molar-refractivity contribution in [1.29, 1.82) is 0 Å². The van der Waals surface area contributed by atoms with Gasteiger partial charge in [-0.1, -0.05) is 20.8 Å². The summed E-state index contributed by atoms with van der Waals surface area (Å²) in [7, 11) is 0. The van der Waals surface area contributed by atoms with Crippen LogP contribution in [0.1, 0.15) is 56.9 Å². The standard InChI is InChI=1S/C16H26N2O/c1-16(2,3)8-9-19-15-13(11-17)10-12-6-4-5-7-14(12)18-15/h10H,4-9,11,17H2,1-3H3. The minimum Gasteiger partial charge on any atom is -0.477 e. The summed E-state index contributed by atoms with van der Waals surface area (Å²) < 4.78 is 5.88. The van der Waals surface area contributed by atoms with Crippen molar-refractivity contribution in [2.24, 2.45) is 11.1 Å². The van der Waals surface area contributed by atoms with E-state index < -0.39 is 0 Å². The fourth-order valence-corrected chi connectivity index (χ4v) is 2.39. The second-order valence-electron chi connectivity index (χ2n) is 6.63. The van der Waals surface area contributed by atoms with Crippen molar-refractivity contribution < 1.29 is 4.74 Å². The van der Waals surface area contributed by atoms with Crippen LogP contribution in [-0.2, 0) is 19.4 Å². The molecule has 0 fully saturated rings. The highest BCUT2D eigenvalue weighted by Gasteiger charge is 2.16. The van der Waals surface area contributed by atoms with Crippen LogP contribution in [0.15, 0.2) is 6.07 Å². The van der Waals surface area contributed by atoms with Gasteiger partial charge in [0.2, 0.25) is 5.88 Å². The molecule has 0 aliphatic heterocycles. The molecule has 0 aromatic carbocycles. The molecule has 1 heterocycles. The van der Waals surface area contributed by atoms with Gasteiger partial charge in [0.25, 0.3) is 0 Å². The molecule has 0 saturated carbocycles. The van der Waals surface area contributed by atoms with Crippen molar-refractivity contribution in [2.45, 2.75) is 59.4 Å². The number of ether oxygens (including phenoxy) is 1. The molecule has 1 aromatic rings. The van der Waals surface area contributed by atoms with Gasteiger partial charge in [0.05, 0.1) is 6.61 Å². The molecule has 3 nitrogen and oxygen atoms in total. The van der Waals surface area contributed by atoms with Crippen LogP contribution in [0.3, 0.4) is 0 Å². The Labute approximate surface area is 116 Å². The lowest BCUT2D eigenvalue weighted by Crippen LogP contribution is -2.15. The predicted octanol–water partition coefficient (Wildman–Crippen LogP) is 3.23. The highest BCUT2D eigenvalue weighted by Crippen LogP contribution is 2.26. The predicted molar refractivity (Wildman–Crippen MR) is 78.3 cm³/mol. The molecule has 0 spiro atoms. The normalized spacial score (nSPS) is 15.2. The first-order valence-electron chi connectivity index (χ1n) is 7.34. The molecule has 2 rings (SSSR count). The van der Waals surface area contributed by atoms with Gasteiger partial charge in [-0.25, -0.2) is 4.98 Å². The summed E-state index contributed by atoms with van der Waals surface area (Å²) in [6.45, 7) is 7.88. The first-order valence-corrected chi connectivity index (χ1v) is 7.34. The summed E-state index contributed by atoms with van der Waals surface area (Å²) in [6, 6.07) is 2.20. The zero-order valence-electron chi connectivity index (χ0n) is 12.5. The van der Waals surface area contributed by atoms with E-state index >= 15 is 0 Å². The molecule has 106 valence electrons. The van der Waals surface area contributed by atoms with Crippen LogP contribution in [0.25, 0.3) is 0 Å². The zero-order valence-corrected chi connectivity index (χ0v) is 12.5. The Morgan fingerprint density at radius 3 is 2.68 bits per heavy atom. The molecule has 1 aromatic heterocycles. The molecule has 0 unspecified atom stereocenters. The summed E-state index contributed by atoms with van der Waals surface area (Å²) in [6.07, 6.45) is 5.75. The second kappa shape index (κ2) is 5.91. The van der Waals surface area contributed by atoms with E-state index in [2.05, 4.69) is 26.8 Å². The van der Waals surface area contributed by atoms with Gasteiger partial charge in [0.15, 0.2) is 0 Å². The van der Waals surface area contributed by atoms with Gasteiger partial charge < -0.3 is 10.5 Å². The highest BCUT2D eigenvalue weighted by molar-refractivity contribution is 5.35. The zero-order chi connectivity index (χ0) is 13.9. The maximum atomic E-state index is 5.88. The van der Waals surface area contributed by atoms with Gasteiger partial charge in [-0.3, -0.25) is 0 Å². The maximum Gasteiger partial charge on any atom is 0.218 e. The smallest absolute Gasteiger partial charge is 0.218 e. The average molecular weight is 262 g/mol. The quantitative estimate of drug-likeness (QED) is 0.906. The fourth-order valence-electron chi connectivity index (χ4n) is 2.39. The number of aromatic nitrogens is 1. The molecule has 3 heteroatoms. The third-order valence-corrected chi connectivity index (χ3v) is 3.65. The van der Waals surface area contributed by atoms with E-state index in [-0.39, 0.29) is 5.41 Å². The number of nitrogens with two attached hydrogens (primary N) is 1. The lowest BCUT2D eigenvalue weighted by Gasteiger charge is -2.21. The van der Waals surface area contributed by atoms with E-state index in [1.165, 1.54) is 24.1 Å². The number of hydrogen-bond acceptors (Lipinski definition) is 3. The Bertz CT molecular complexity index is 435. The minimum absolute atomic E-state index is 0.289. The van der Waals surface area contributed by atoms with Crippen LogP contribution >= 0.6 is 0 Å². The van der Waals surface area contributed by atoms with Crippen LogP contribution in [-0.4, -0.2) is 11.6 Å². The fraction of sp³-hybridized carbons (Fsp3) is 0.688. The molecular weight excluding hydrogens is 236 g/mol. The molecule has 1 aliphatic carbocycles. The van der Waals surface area contributed by atoms with E-state index in [0.717, 1.165) is 30.7 Å². The van der Waals surface area contributed by atoms with Crippen molar-refractivity contribution in [2.75, 3.05) is 6.61 Å². The summed E-state index contributed by atoms with van der Waals surface area (Å²) >= 11 is 0. The van der Waals surface area contributed by atoms with Crippen LogP contribution in [0.5, 0.6) is 5.88 Å². The van der Waals surface area contributed by atoms with Gasteiger partial charge in [-0.15, -0.1) is 0 Å². The van der Waals surface area contributed by atoms with Gasteiger partial charge >= 0.3 is 0 Å². The van der Waals surface area contributed by atoms with Gasteiger partial charge in [-0.05, 0) is 49.1 Å². The lowest BCUT2D eigenvalue weighted by atomic mass is 9.93. The Kier molecular flexibility index (Phi) is 4.46. The number of pyridine rings is 1. The van der Waals surface area contributed by atoms with E-state index in [9.17, 15) is 0 Å². The third kappa shape index (κ3) is 3.93. The summed E-state index contributed by atoms with van der Waals surface area (Å²) in [4.78, 5) is 4.70. The first-order chi connectivity index (χ1) is 8.99. The summed E-state index contributed by atoms with van der Waals surface area (Å²) in [5.74, 6) is 0.757. The molecule has 0 saturated heterocycles. The van der Waals surface area contributed by atoms with Gasteiger partial charge in [-0.2, -0.15) is 0 Å². The van der Waals surface area contributed by atoms with Crippen molar-refractivity contribution in [1.82, 2.24) is 4.98 Å². The second-order valence-corrected chi connectivity index (χ2v) is 6.63. The average Bonchev–Trinajstić information content (AvgIpc) is 2.36. The van der Waals surface area contributed by atoms with E-state index in [1.54, 1.807) is 0 Å². The molecule has 0 radical (unpaired) electrons. The summed E-state index contributed by atoms with van der Waals surface area (Å²) in [5, 5.41) is 0. The Hall–Kier alpha value is -1.09. The van der Waals surface area contributed by atoms with Crippen LogP contribution in [0.4, 0.5) is 0 Å². The van der Waals surface area contributed by atoms with Gasteiger partial charge in [0, 0.05) is 17.8 Å². The van der Waals surface area contributed by atoms with E-state index in [1.807, 2.05) is 0 Å². The molecule has 1 aliphatic rings. The Balaban J connectivity index is 2.10. The first kappa shape index (κ1) is 14.3. The Morgan fingerprint density at radius 1 is 1.26 bits per heavy atom. The number of rotatable bonds is 4. The number of fused-ring (bicyclic) bond motifs is 1. The van der Waals surface area contributed by atoms with Crippen LogP contribution in [0.2, 0.25) is 0 Å². The third-order valence-electron chi connectivity index (χ3n) is 3.65. The molecular formula is C16H26N2O. The number of hydrogen-bond donors (Lipinski definition) is 1. The molecule has 19 heavy (non-hydrogen) atoms. The lowest BCUT2D eigenvalue weighted by molar-refractivity contribution is 0.234. The monoisotopic (exact) mass is 262 g/mol. The molecule has 2 N–H and O–H groups in total. The molecule has 0 atom stereocenters. The highest BCUT2D eigenvalue weighted by atomic mass is 16.5. The maximum absolute atomic E-state index is 5.88. The van der Waals surface area contributed by atoms with Crippen molar-refractivity contribution in [3.8, 4) is 5.88 Å². The summed E-state index contributed by atoms with van der Waals surface area (Å²) in [5.41, 5.74) is 9.75. The van der Waals surface area contributed by atoms with E-state index in [0.29, 0.717) is 13.2 Å². The van der Waals surface area contributed by atoms with Crippen LogP contribution < -0.4 is 10.5 Å². The minimum atomic E-state index is 0.289. The number of aryl methyl sites for hydroxylation is 2. The number of nitrogens with zero attached hydrogens (tertiary/aromatic N) is 1. The largest absolute Gasteiger partial charge is 0.477 e. The van der Waals surface area contributed by atoms with Crippen molar-refractivity contribution in [3.63, 3.8) is 0 Å². The van der Waals surface area contributed by atoms with Crippen LogP contribution in [0, 0.1) is 5.41 Å². The topological polar surface area (TPSA) is 48.1 Å². The van der Waals surface area contributed by atoms with Crippen molar-refractivity contribution in [3.05, 3.63) is 22.9 Å². The van der Waals surface area contributed by atoms with Gasteiger partial charge in [0.1, 0.15) is 0 Å². The van der Waals surface area contributed by atoms with E-state index in [4.69, 9.17) is 15.5 Å². The molecule has 0 bridgehead atoms. The molecule has 0 amide bonds. The van der Waals surface area contributed by atoms with Crippen molar-refractivity contribution >= 4 is 0 Å². The Morgan fingerprint density at radius 2 is 2.00 bits per heavy atom. The SMILES string of the molecule is CC(C)(C)CCOc1nc2c(cc1CN)CCCC2.